The number of hydrogen-bond acceptors (Lipinski definition) is 5. The van der Waals surface area contributed by atoms with Crippen molar-refractivity contribution in [1.82, 2.24) is 0 Å². The monoisotopic (exact) mass is 273 g/mol. The van der Waals surface area contributed by atoms with Crippen molar-refractivity contribution in [3.8, 4) is 5.75 Å². The first-order valence-electron chi connectivity index (χ1n) is 5.32. The van der Waals surface area contributed by atoms with Crippen molar-refractivity contribution in [1.29, 1.82) is 0 Å². The van der Waals surface area contributed by atoms with Gasteiger partial charge in [-0.1, -0.05) is 6.92 Å². The second-order valence-corrected chi connectivity index (χ2v) is 6.12. The van der Waals surface area contributed by atoms with Crippen molar-refractivity contribution >= 4 is 21.5 Å². The van der Waals surface area contributed by atoms with E-state index in [0.717, 1.165) is 0 Å². The van der Waals surface area contributed by atoms with Crippen LogP contribution in [0.2, 0.25) is 0 Å². The van der Waals surface area contributed by atoms with E-state index in [2.05, 4.69) is 0 Å². The smallest absolute Gasteiger partial charge is 0.335 e. The van der Waals surface area contributed by atoms with Gasteiger partial charge in [-0.25, -0.2) is 13.2 Å². The maximum atomic E-state index is 11.2. The van der Waals surface area contributed by atoms with Crippen molar-refractivity contribution in [2.45, 2.75) is 6.92 Å². The number of carboxylic acid groups (broad SMARTS) is 1. The molecule has 100 valence electrons. The molecule has 0 saturated carbocycles. The average Bonchev–Trinajstić information content (AvgIpc) is 2.31. The Balaban J connectivity index is 2.67. The number of nitrogen functional groups attached to an aromatic ring is 1. The fraction of sp³-hybridized carbons (Fsp3) is 0.364. The summed E-state index contributed by atoms with van der Waals surface area (Å²) in [4.78, 5) is 10.7. The van der Waals surface area contributed by atoms with Gasteiger partial charge in [-0.2, -0.15) is 0 Å². The van der Waals surface area contributed by atoms with Crippen LogP contribution in [0.15, 0.2) is 18.2 Å². The molecule has 0 atom stereocenters. The lowest BCUT2D eigenvalue weighted by molar-refractivity contribution is 0.0697. The molecule has 0 aliphatic rings. The molecule has 0 fully saturated rings. The number of anilines is 1. The summed E-state index contributed by atoms with van der Waals surface area (Å²) in [6, 6.07) is 4.03. The van der Waals surface area contributed by atoms with Gasteiger partial charge in [-0.15, -0.1) is 0 Å². The zero-order valence-corrected chi connectivity index (χ0v) is 10.7. The van der Waals surface area contributed by atoms with Crippen LogP contribution in [-0.2, 0) is 9.84 Å². The number of carbonyl (C=O) groups is 1. The number of sulfone groups is 1. The molecule has 3 N–H and O–H groups in total. The zero-order valence-electron chi connectivity index (χ0n) is 9.92. The Morgan fingerprint density at radius 1 is 1.44 bits per heavy atom. The number of benzene rings is 1. The molecular formula is C11H15NO5S. The molecule has 1 aromatic rings. The number of ether oxygens (including phenoxy) is 1. The molecule has 1 rings (SSSR count). The third kappa shape index (κ3) is 3.92. The van der Waals surface area contributed by atoms with Crippen LogP contribution >= 0.6 is 0 Å². The SMILES string of the molecule is CCS(=O)(=O)CCOc1ccc(C(=O)O)cc1N. The van der Waals surface area contributed by atoms with Crippen LogP contribution in [0.3, 0.4) is 0 Å². The van der Waals surface area contributed by atoms with Crippen molar-refractivity contribution < 1.29 is 23.1 Å². The third-order valence-corrected chi connectivity index (χ3v) is 4.02. The Hall–Kier alpha value is -1.76. The van der Waals surface area contributed by atoms with Gasteiger partial charge in [0.15, 0.2) is 9.84 Å². The lowest BCUT2D eigenvalue weighted by Gasteiger charge is -2.09. The Morgan fingerprint density at radius 3 is 2.61 bits per heavy atom. The Bertz CT molecular complexity index is 538. The van der Waals surface area contributed by atoms with Gasteiger partial charge < -0.3 is 15.6 Å². The van der Waals surface area contributed by atoms with E-state index in [1.807, 2.05) is 0 Å². The van der Waals surface area contributed by atoms with Crippen LogP contribution in [0.5, 0.6) is 5.75 Å². The number of aromatic carboxylic acids is 1. The highest BCUT2D eigenvalue weighted by molar-refractivity contribution is 7.91. The lowest BCUT2D eigenvalue weighted by atomic mass is 10.2. The van der Waals surface area contributed by atoms with Crippen molar-refractivity contribution in [3.05, 3.63) is 23.8 Å². The minimum atomic E-state index is -3.08. The molecule has 0 radical (unpaired) electrons. The number of hydrogen-bond donors (Lipinski definition) is 2. The van der Waals surface area contributed by atoms with Gasteiger partial charge in [0.2, 0.25) is 0 Å². The van der Waals surface area contributed by atoms with Gasteiger partial charge in [-0.05, 0) is 18.2 Å². The molecule has 0 aliphatic carbocycles. The summed E-state index contributed by atoms with van der Waals surface area (Å²) < 4.78 is 27.7. The molecule has 0 spiro atoms. The summed E-state index contributed by atoms with van der Waals surface area (Å²) in [6.07, 6.45) is 0. The fourth-order valence-corrected chi connectivity index (χ4v) is 1.86. The topological polar surface area (TPSA) is 107 Å². The number of rotatable bonds is 6. The van der Waals surface area contributed by atoms with Crippen molar-refractivity contribution in [2.75, 3.05) is 23.8 Å². The van der Waals surface area contributed by atoms with E-state index < -0.39 is 15.8 Å². The van der Waals surface area contributed by atoms with Gasteiger partial charge in [0.05, 0.1) is 17.0 Å². The summed E-state index contributed by atoms with van der Waals surface area (Å²) in [5, 5.41) is 8.74. The highest BCUT2D eigenvalue weighted by atomic mass is 32.2. The highest BCUT2D eigenvalue weighted by Gasteiger charge is 2.10. The molecule has 0 amide bonds. The van der Waals surface area contributed by atoms with Gasteiger partial charge in [0.1, 0.15) is 12.4 Å². The van der Waals surface area contributed by atoms with E-state index in [-0.39, 0.29) is 35.1 Å². The predicted molar refractivity (Wildman–Crippen MR) is 67.6 cm³/mol. The highest BCUT2D eigenvalue weighted by Crippen LogP contribution is 2.22. The molecule has 0 aliphatic heterocycles. The van der Waals surface area contributed by atoms with Crippen molar-refractivity contribution in [3.63, 3.8) is 0 Å². The minimum absolute atomic E-state index is 0.00715. The first kappa shape index (κ1) is 14.3. The normalized spacial score (nSPS) is 11.2. The lowest BCUT2D eigenvalue weighted by Crippen LogP contribution is -2.16. The van der Waals surface area contributed by atoms with Crippen molar-refractivity contribution in [2.24, 2.45) is 0 Å². The molecule has 18 heavy (non-hydrogen) atoms. The van der Waals surface area contributed by atoms with E-state index in [1.54, 1.807) is 6.92 Å². The second-order valence-electron chi connectivity index (χ2n) is 3.64. The van der Waals surface area contributed by atoms with E-state index in [1.165, 1.54) is 18.2 Å². The van der Waals surface area contributed by atoms with Crippen LogP contribution in [0.4, 0.5) is 5.69 Å². The van der Waals surface area contributed by atoms with E-state index >= 15 is 0 Å². The molecule has 1 aromatic carbocycles. The van der Waals surface area contributed by atoms with Crippen LogP contribution in [0.1, 0.15) is 17.3 Å². The largest absolute Gasteiger partial charge is 0.490 e. The maximum absolute atomic E-state index is 11.2. The standard InChI is InChI=1S/C11H15NO5S/c1-2-18(15,16)6-5-17-10-4-3-8(11(13)14)7-9(10)12/h3-4,7H,2,5-6,12H2,1H3,(H,13,14). The van der Waals surface area contributed by atoms with E-state index in [0.29, 0.717) is 0 Å². The van der Waals surface area contributed by atoms with E-state index in [4.69, 9.17) is 15.6 Å². The molecular weight excluding hydrogens is 258 g/mol. The summed E-state index contributed by atoms with van der Waals surface area (Å²) in [6.45, 7) is 1.55. The number of nitrogens with two attached hydrogens (primary N) is 1. The molecule has 0 heterocycles. The Morgan fingerprint density at radius 2 is 2.11 bits per heavy atom. The molecule has 0 saturated heterocycles. The zero-order chi connectivity index (χ0) is 13.8. The Kier molecular flexibility index (Phi) is 4.55. The van der Waals surface area contributed by atoms with Crippen LogP contribution in [-0.4, -0.2) is 37.6 Å². The predicted octanol–water partition coefficient (Wildman–Crippen LogP) is 0.780. The number of carboxylic acids is 1. The molecule has 6 nitrogen and oxygen atoms in total. The van der Waals surface area contributed by atoms with Gasteiger partial charge in [-0.3, -0.25) is 0 Å². The van der Waals surface area contributed by atoms with Gasteiger partial charge in [0, 0.05) is 5.75 Å². The first-order chi connectivity index (χ1) is 8.35. The third-order valence-electron chi connectivity index (χ3n) is 2.35. The molecule has 0 aromatic heterocycles. The first-order valence-corrected chi connectivity index (χ1v) is 7.14. The second kappa shape index (κ2) is 5.72. The summed E-state index contributed by atoms with van der Waals surface area (Å²) in [5.74, 6) is -0.832. The fourth-order valence-electron chi connectivity index (χ4n) is 1.24. The summed E-state index contributed by atoms with van der Waals surface area (Å²) in [7, 11) is -3.08. The quantitative estimate of drug-likeness (QED) is 0.742. The molecule has 0 bridgehead atoms. The molecule has 7 heteroatoms. The summed E-state index contributed by atoms with van der Waals surface area (Å²) in [5.41, 5.74) is 5.83. The molecule has 0 unspecified atom stereocenters. The average molecular weight is 273 g/mol. The van der Waals surface area contributed by atoms with Crippen LogP contribution < -0.4 is 10.5 Å². The van der Waals surface area contributed by atoms with Gasteiger partial charge >= 0.3 is 5.97 Å². The van der Waals surface area contributed by atoms with Crippen LogP contribution in [0.25, 0.3) is 0 Å². The van der Waals surface area contributed by atoms with Crippen LogP contribution in [0, 0.1) is 0 Å². The summed E-state index contributed by atoms with van der Waals surface area (Å²) >= 11 is 0. The Labute approximate surface area is 105 Å². The maximum Gasteiger partial charge on any atom is 0.335 e. The van der Waals surface area contributed by atoms with E-state index in [9.17, 15) is 13.2 Å². The minimum Gasteiger partial charge on any atom is -0.490 e. The van der Waals surface area contributed by atoms with Gasteiger partial charge in [0.25, 0.3) is 0 Å².